The number of carbonyl (C=O) groups is 3. The number of carboxylic acid groups (broad SMARTS) is 1. The van der Waals surface area contributed by atoms with Crippen molar-refractivity contribution in [1.29, 1.82) is 0 Å². The SMILES string of the molecule is CN1C[C@@]2(CCCN(CCC(=O)Nc3ccsc3C(=O)O)C2)OC1=O. The van der Waals surface area contributed by atoms with Gasteiger partial charge in [-0.25, -0.2) is 9.59 Å². The highest BCUT2D eigenvalue weighted by Gasteiger charge is 2.46. The molecule has 0 aromatic carbocycles. The lowest BCUT2D eigenvalue weighted by molar-refractivity contribution is -0.116. The van der Waals surface area contributed by atoms with Crippen LogP contribution >= 0.6 is 11.3 Å². The van der Waals surface area contributed by atoms with Crippen molar-refractivity contribution >= 4 is 35.0 Å². The number of thiophene rings is 1. The lowest BCUT2D eigenvalue weighted by atomic mass is 9.92. The second-order valence-corrected chi connectivity index (χ2v) is 7.47. The molecular weight excluding hydrogens is 346 g/mol. The summed E-state index contributed by atoms with van der Waals surface area (Å²) in [5, 5.41) is 13.4. The third kappa shape index (κ3) is 3.93. The highest BCUT2D eigenvalue weighted by atomic mass is 32.1. The standard InChI is InChI=1S/C16H21N3O5S/c1-18-9-16(24-15(18)23)5-2-6-19(10-16)7-3-12(20)17-11-4-8-25-13(11)14(21)22/h4,8H,2-3,5-7,9-10H2,1H3,(H,17,20)(H,21,22)/t16-/m1/s1. The summed E-state index contributed by atoms with van der Waals surface area (Å²) in [6.07, 6.45) is 1.71. The van der Waals surface area contributed by atoms with E-state index in [9.17, 15) is 14.4 Å². The zero-order chi connectivity index (χ0) is 18.0. The molecule has 1 spiro atoms. The predicted octanol–water partition coefficient (Wildman–Crippen LogP) is 1.69. The first kappa shape index (κ1) is 17.7. The van der Waals surface area contributed by atoms with Gasteiger partial charge in [-0.05, 0) is 30.8 Å². The van der Waals surface area contributed by atoms with Crippen LogP contribution in [0.15, 0.2) is 11.4 Å². The fraction of sp³-hybridized carbons (Fsp3) is 0.562. The molecule has 2 saturated heterocycles. The Labute approximate surface area is 149 Å². The van der Waals surface area contributed by atoms with Gasteiger partial charge in [-0.1, -0.05) is 0 Å². The van der Waals surface area contributed by atoms with Crippen LogP contribution in [0.3, 0.4) is 0 Å². The number of anilines is 1. The first-order chi connectivity index (χ1) is 11.9. The monoisotopic (exact) mass is 367 g/mol. The maximum Gasteiger partial charge on any atom is 0.410 e. The van der Waals surface area contributed by atoms with Gasteiger partial charge in [0.1, 0.15) is 10.5 Å². The maximum atomic E-state index is 12.1. The van der Waals surface area contributed by atoms with E-state index in [1.165, 1.54) is 0 Å². The number of likely N-dealkylation sites (N-methyl/N-ethyl adjacent to an activating group) is 1. The summed E-state index contributed by atoms with van der Waals surface area (Å²) in [7, 11) is 1.73. The molecule has 3 heterocycles. The first-order valence-corrected chi connectivity index (χ1v) is 9.04. The van der Waals surface area contributed by atoms with Crippen molar-refractivity contribution < 1.29 is 24.2 Å². The van der Waals surface area contributed by atoms with E-state index in [0.717, 1.165) is 30.7 Å². The van der Waals surface area contributed by atoms with Gasteiger partial charge in [0.05, 0.1) is 12.2 Å². The number of carboxylic acids is 1. The van der Waals surface area contributed by atoms with Crippen molar-refractivity contribution in [2.45, 2.75) is 24.9 Å². The summed E-state index contributed by atoms with van der Waals surface area (Å²) in [5.41, 5.74) is -0.131. The number of amides is 2. The lowest BCUT2D eigenvalue weighted by Crippen LogP contribution is -2.50. The van der Waals surface area contributed by atoms with Gasteiger partial charge in [0.15, 0.2) is 0 Å². The predicted molar refractivity (Wildman–Crippen MR) is 92.0 cm³/mol. The van der Waals surface area contributed by atoms with Gasteiger partial charge in [-0.15, -0.1) is 11.3 Å². The van der Waals surface area contributed by atoms with Gasteiger partial charge in [0, 0.05) is 26.6 Å². The normalized spacial score (nSPS) is 23.7. The second-order valence-electron chi connectivity index (χ2n) is 6.55. The fourth-order valence-electron chi connectivity index (χ4n) is 3.43. The van der Waals surface area contributed by atoms with Crippen LogP contribution in [0.5, 0.6) is 0 Å². The van der Waals surface area contributed by atoms with Crippen LogP contribution in [0.25, 0.3) is 0 Å². The number of piperidine rings is 1. The third-order valence-corrected chi connectivity index (χ3v) is 5.45. The Balaban J connectivity index is 1.51. The van der Waals surface area contributed by atoms with Crippen LogP contribution in [0.4, 0.5) is 10.5 Å². The van der Waals surface area contributed by atoms with E-state index in [2.05, 4.69) is 10.2 Å². The largest absolute Gasteiger partial charge is 0.477 e. The molecule has 0 radical (unpaired) electrons. The minimum Gasteiger partial charge on any atom is -0.477 e. The van der Waals surface area contributed by atoms with Gasteiger partial charge in [-0.2, -0.15) is 0 Å². The molecule has 2 aliphatic rings. The zero-order valence-electron chi connectivity index (χ0n) is 14.0. The molecule has 0 aliphatic carbocycles. The molecule has 9 heteroatoms. The van der Waals surface area contributed by atoms with Gasteiger partial charge in [0.2, 0.25) is 5.91 Å². The van der Waals surface area contributed by atoms with Crippen LogP contribution in [0.1, 0.15) is 28.9 Å². The smallest absolute Gasteiger partial charge is 0.410 e. The Morgan fingerprint density at radius 2 is 2.24 bits per heavy atom. The summed E-state index contributed by atoms with van der Waals surface area (Å²) in [6.45, 7) is 2.59. The Morgan fingerprint density at radius 1 is 1.44 bits per heavy atom. The summed E-state index contributed by atoms with van der Waals surface area (Å²) >= 11 is 1.08. The molecule has 0 saturated carbocycles. The number of ether oxygens (including phenoxy) is 1. The van der Waals surface area contributed by atoms with Crippen LogP contribution in [0.2, 0.25) is 0 Å². The summed E-state index contributed by atoms with van der Waals surface area (Å²) in [6, 6.07) is 1.59. The van der Waals surface area contributed by atoms with Crippen LogP contribution < -0.4 is 5.32 Å². The lowest BCUT2D eigenvalue weighted by Gasteiger charge is -2.38. The average molecular weight is 367 g/mol. The number of likely N-dealkylation sites (tertiary alicyclic amines) is 1. The quantitative estimate of drug-likeness (QED) is 0.822. The van der Waals surface area contributed by atoms with E-state index >= 15 is 0 Å². The van der Waals surface area contributed by atoms with E-state index < -0.39 is 11.6 Å². The molecule has 25 heavy (non-hydrogen) atoms. The number of nitrogens with zero attached hydrogens (tertiary/aromatic N) is 2. The molecule has 1 atom stereocenters. The van der Waals surface area contributed by atoms with E-state index in [4.69, 9.17) is 9.84 Å². The van der Waals surface area contributed by atoms with Crippen molar-refractivity contribution in [3.8, 4) is 0 Å². The summed E-state index contributed by atoms with van der Waals surface area (Å²) < 4.78 is 5.55. The number of hydrogen-bond acceptors (Lipinski definition) is 6. The highest BCUT2D eigenvalue weighted by molar-refractivity contribution is 7.12. The molecule has 0 bridgehead atoms. The summed E-state index contributed by atoms with van der Waals surface area (Å²) in [4.78, 5) is 38.7. The third-order valence-electron chi connectivity index (χ3n) is 4.55. The molecule has 136 valence electrons. The molecule has 3 rings (SSSR count). The van der Waals surface area contributed by atoms with Gasteiger partial charge >= 0.3 is 12.1 Å². The van der Waals surface area contributed by atoms with E-state index in [1.54, 1.807) is 23.4 Å². The molecule has 2 aliphatic heterocycles. The Kier molecular flexibility index (Phi) is 4.96. The molecule has 2 N–H and O–H groups in total. The molecule has 1 aromatic heterocycles. The van der Waals surface area contributed by atoms with E-state index in [1.807, 2.05) is 0 Å². The van der Waals surface area contributed by atoms with Gasteiger partial charge < -0.3 is 20.1 Å². The Hall–Kier alpha value is -2.13. The number of carbonyl (C=O) groups excluding carboxylic acids is 2. The molecule has 1 aromatic rings. The Bertz CT molecular complexity index is 691. The zero-order valence-corrected chi connectivity index (χ0v) is 14.8. The topological polar surface area (TPSA) is 99.2 Å². The second kappa shape index (κ2) is 7.01. The molecule has 2 fully saturated rings. The van der Waals surface area contributed by atoms with Gasteiger partial charge in [0.25, 0.3) is 0 Å². The van der Waals surface area contributed by atoms with Crippen LogP contribution in [0, 0.1) is 0 Å². The molecule has 0 unspecified atom stereocenters. The van der Waals surface area contributed by atoms with Crippen molar-refractivity contribution in [3.05, 3.63) is 16.3 Å². The number of rotatable bonds is 5. The number of hydrogen-bond donors (Lipinski definition) is 2. The van der Waals surface area contributed by atoms with Crippen molar-refractivity contribution in [2.24, 2.45) is 0 Å². The number of aromatic carboxylic acids is 1. The van der Waals surface area contributed by atoms with Crippen LogP contribution in [-0.2, 0) is 9.53 Å². The first-order valence-electron chi connectivity index (χ1n) is 8.16. The summed E-state index contributed by atoms with van der Waals surface area (Å²) in [5.74, 6) is -1.27. The molecule has 2 amide bonds. The number of nitrogens with one attached hydrogen (secondary N) is 1. The van der Waals surface area contributed by atoms with Gasteiger partial charge in [-0.3, -0.25) is 9.69 Å². The Morgan fingerprint density at radius 3 is 2.92 bits per heavy atom. The maximum absolute atomic E-state index is 12.1. The fourth-order valence-corrected chi connectivity index (χ4v) is 4.12. The van der Waals surface area contributed by atoms with E-state index in [-0.39, 0.29) is 23.3 Å². The minimum atomic E-state index is -1.05. The van der Waals surface area contributed by atoms with Crippen molar-refractivity contribution in [2.75, 3.05) is 38.5 Å². The van der Waals surface area contributed by atoms with Crippen LogP contribution in [-0.4, -0.2) is 71.7 Å². The van der Waals surface area contributed by atoms with Crippen molar-refractivity contribution in [3.63, 3.8) is 0 Å². The average Bonchev–Trinajstić information content (AvgIpc) is 3.11. The molecular formula is C16H21N3O5S. The van der Waals surface area contributed by atoms with E-state index in [0.29, 0.717) is 25.3 Å². The van der Waals surface area contributed by atoms with Crippen molar-refractivity contribution in [1.82, 2.24) is 9.80 Å². The minimum absolute atomic E-state index is 0.131. The highest BCUT2D eigenvalue weighted by Crippen LogP contribution is 2.31. The molecule has 8 nitrogen and oxygen atoms in total.